The molecule has 2 atom stereocenters. The zero-order valence-corrected chi connectivity index (χ0v) is 12.6. The lowest BCUT2D eigenvalue weighted by Crippen LogP contribution is -2.48. The van der Waals surface area contributed by atoms with Crippen molar-refractivity contribution in [3.8, 4) is 0 Å². The van der Waals surface area contributed by atoms with Crippen LogP contribution < -0.4 is 16.6 Å². The Morgan fingerprint density at radius 1 is 1.23 bits per heavy atom. The molecule has 22 heavy (non-hydrogen) atoms. The van der Waals surface area contributed by atoms with Gasteiger partial charge in [0, 0.05) is 19.1 Å². The first-order valence-electron chi connectivity index (χ1n) is 7.92. The molecule has 6 heteroatoms. The molecule has 4 N–H and O–H groups in total. The number of nitrogens with two attached hydrogens (primary N) is 1. The topological polar surface area (TPSA) is 70.4 Å². The van der Waals surface area contributed by atoms with Gasteiger partial charge in [0.1, 0.15) is 11.9 Å². The highest BCUT2D eigenvalue weighted by molar-refractivity contribution is 5.82. The number of rotatable bonds is 3. The van der Waals surface area contributed by atoms with Gasteiger partial charge >= 0.3 is 0 Å². The van der Waals surface area contributed by atoms with E-state index in [0.717, 1.165) is 31.5 Å². The summed E-state index contributed by atoms with van der Waals surface area (Å²) in [6.45, 7) is 2.29. The van der Waals surface area contributed by atoms with Gasteiger partial charge in [-0.3, -0.25) is 4.79 Å². The molecule has 0 aromatic heterocycles. The van der Waals surface area contributed by atoms with Crippen LogP contribution in [0.5, 0.6) is 0 Å². The molecule has 5 nitrogen and oxygen atoms in total. The van der Waals surface area contributed by atoms with Crippen molar-refractivity contribution < 1.29 is 9.18 Å². The Bertz CT molecular complexity index is 513. The smallest absolute Gasteiger partial charge is 0.241 e. The highest BCUT2D eigenvalue weighted by atomic mass is 19.1. The van der Waals surface area contributed by atoms with Crippen LogP contribution in [-0.2, 0) is 4.79 Å². The Hall–Kier alpha value is -1.50. The predicted octanol–water partition coefficient (Wildman–Crippen LogP) is 0.931. The summed E-state index contributed by atoms with van der Waals surface area (Å²) in [5.74, 6) is 0.448. The van der Waals surface area contributed by atoms with Crippen LogP contribution in [0.2, 0.25) is 0 Å². The third kappa shape index (κ3) is 3.29. The van der Waals surface area contributed by atoms with Crippen molar-refractivity contribution >= 4 is 5.91 Å². The summed E-state index contributed by atoms with van der Waals surface area (Å²) in [5.41, 5.74) is 12.9. The van der Waals surface area contributed by atoms with Gasteiger partial charge in [-0.2, -0.15) is 0 Å². The first-order valence-corrected chi connectivity index (χ1v) is 7.92. The van der Waals surface area contributed by atoms with E-state index in [0.29, 0.717) is 18.9 Å². The second kappa shape index (κ2) is 6.73. The van der Waals surface area contributed by atoms with Crippen molar-refractivity contribution in [2.75, 3.05) is 19.6 Å². The molecule has 2 fully saturated rings. The minimum absolute atomic E-state index is 0.0381. The second-order valence-electron chi connectivity index (χ2n) is 6.19. The van der Waals surface area contributed by atoms with E-state index in [1.165, 1.54) is 12.1 Å². The molecule has 1 aromatic carbocycles. The number of hydrogen-bond acceptors (Lipinski definition) is 4. The van der Waals surface area contributed by atoms with Crippen molar-refractivity contribution in [3.05, 3.63) is 35.6 Å². The molecular formula is C16H23FN4O. The molecule has 1 amide bonds. The number of amides is 1. The fourth-order valence-corrected chi connectivity index (χ4v) is 3.24. The Morgan fingerprint density at radius 3 is 2.55 bits per heavy atom. The Morgan fingerprint density at radius 2 is 1.91 bits per heavy atom. The summed E-state index contributed by atoms with van der Waals surface area (Å²) in [7, 11) is 0. The van der Waals surface area contributed by atoms with Crippen LogP contribution in [0.1, 0.15) is 30.9 Å². The van der Waals surface area contributed by atoms with E-state index in [1.54, 1.807) is 12.1 Å². The molecular weight excluding hydrogens is 283 g/mol. The largest absolute Gasteiger partial charge is 0.341 e. The van der Waals surface area contributed by atoms with E-state index in [9.17, 15) is 9.18 Å². The van der Waals surface area contributed by atoms with Crippen molar-refractivity contribution in [1.29, 1.82) is 0 Å². The lowest BCUT2D eigenvalue weighted by atomic mass is 9.96. The van der Waals surface area contributed by atoms with Gasteiger partial charge in [-0.05, 0) is 49.4 Å². The molecule has 0 spiro atoms. The third-order valence-electron chi connectivity index (χ3n) is 4.73. The second-order valence-corrected chi connectivity index (χ2v) is 6.19. The van der Waals surface area contributed by atoms with E-state index in [4.69, 9.17) is 5.73 Å². The van der Waals surface area contributed by atoms with Crippen LogP contribution in [0.25, 0.3) is 0 Å². The highest BCUT2D eigenvalue weighted by Gasteiger charge is 2.34. The molecule has 0 radical (unpaired) electrons. The van der Waals surface area contributed by atoms with Gasteiger partial charge in [0.05, 0.1) is 0 Å². The summed E-state index contributed by atoms with van der Waals surface area (Å²) >= 11 is 0. The van der Waals surface area contributed by atoms with Gasteiger partial charge in [0.15, 0.2) is 0 Å². The molecule has 2 unspecified atom stereocenters. The first kappa shape index (κ1) is 15.4. The predicted molar refractivity (Wildman–Crippen MR) is 82.2 cm³/mol. The number of carbonyl (C=O) groups excluding carboxylic acids is 1. The number of hydrazine groups is 1. The molecule has 0 saturated carbocycles. The summed E-state index contributed by atoms with van der Waals surface area (Å²) < 4.78 is 13.0. The van der Waals surface area contributed by atoms with Crippen LogP contribution in [0, 0.1) is 11.7 Å². The first-order chi connectivity index (χ1) is 10.7. The van der Waals surface area contributed by atoms with Gasteiger partial charge < -0.3 is 10.6 Å². The number of nitrogens with zero attached hydrogens (tertiary/aromatic N) is 1. The number of hydrogen-bond donors (Lipinski definition) is 3. The molecule has 2 aliphatic rings. The maximum Gasteiger partial charge on any atom is 0.241 e. The normalized spacial score (nSPS) is 26.4. The van der Waals surface area contributed by atoms with Crippen LogP contribution in [0.3, 0.4) is 0 Å². The number of carbonyl (C=O) groups is 1. The van der Waals surface area contributed by atoms with Gasteiger partial charge in [0.25, 0.3) is 0 Å². The van der Waals surface area contributed by atoms with Gasteiger partial charge in [-0.25, -0.2) is 15.2 Å². The van der Waals surface area contributed by atoms with Gasteiger partial charge in [-0.15, -0.1) is 0 Å². The van der Waals surface area contributed by atoms with E-state index in [1.807, 2.05) is 4.90 Å². The van der Waals surface area contributed by atoms with Gasteiger partial charge in [-0.1, -0.05) is 12.1 Å². The molecule has 2 aliphatic heterocycles. The zero-order chi connectivity index (χ0) is 15.5. The van der Waals surface area contributed by atoms with E-state index < -0.39 is 0 Å². The highest BCUT2D eigenvalue weighted by Crippen LogP contribution is 2.24. The number of benzene rings is 1. The summed E-state index contributed by atoms with van der Waals surface area (Å²) in [4.78, 5) is 14.5. The van der Waals surface area contributed by atoms with Crippen LogP contribution in [0.4, 0.5) is 4.39 Å². The van der Waals surface area contributed by atoms with Crippen LogP contribution >= 0.6 is 0 Å². The summed E-state index contributed by atoms with van der Waals surface area (Å²) in [6, 6.07) is 6.23. The lowest BCUT2D eigenvalue weighted by molar-refractivity contribution is -0.134. The van der Waals surface area contributed by atoms with E-state index in [2.05, 4.69) is 10.9 Å². The fourth-order valence-electron chi connectivity index (χ4n) is 3.24. The van der Waals surface area contributed by atoms with Gasteiger partial charge in [0.2, 0.25) is 5.91 Å². The maximum absolute atomic E-state index is 13.0. The van der Waals surface area contributed by atoms with Crippen LogP contribution in [0.15, 0.2) is 24.3 Å². The van der Waals surface area contributed by atoms with E-state index >= 15 is 0 Å². The van der Waals surface area contributed by atoms with E-state index in [-0.39, 0.29) is 23.8 Å². The lowest BCUT2D eigenvalue weighted by Gasteiger charge is -2.32. The molecule has 2 saturated heterocycles. The number of likely N-dealkylation sites (tertiary alicyclic amines) is 1. The van der Waals surface area contributed by atoms with Crippen LogP contribution in [-0.4, -0.2) is 36.5 Å². The molecule has 2 heterocycles. The minimum atomic E-state index is -0.245. The Kier molecular flexibility index (Phi) is 4.71. The quantitative estimate of drug-likeness (QED) is 0.777. The van der Waals surface area contributed by atoms with Crippen molar-refractivity contribution in [2.24, 2.45) is 11.7 Å². The fraction of sp³-hybridized carbons (Fsp3) is 0.562. The van der Waals surface area contributed by atoms with Crippen molar-refractivity contribution in [1.82, 2.24) is 15.8 Å². The molecule has 3 rings (SSSR count). The van der Waals surface area contributed by atoms with Crippen molar-refractivity contribution in [3.63, 3.8) is 0 Å². The Balaban J connectivity index is 1.56. The Labute approximate surface area is 130 Å². The molecule has 1 aromatic rings. The van der Waals surface area contributed by atoms with Crippen molar-refractivity contribution in [2.45, 2.75) is 31.3 Å². The average Bonchev–Trinajstić information content (AvgIpc) is 3.05. The number of nitrogens with one attached hydrogen (secondary N) is 2. The number of piperidine rings is 1. The number of halogens is 1. The SMILES string of the molecule is NCC1CCN(C(=O)C2CC(c3ccc(F)cc3)NN2)CC1. The standard InChI is InChI=1S/C16H23FN4O/c17-13-3-1-12(2-4-13)14-9-15(20-19-14)16(22)21-7-5-11(10-18)6-8-21/h1-4,11,14-15,19-20H,5-10,18H2. The monoisotopic (exact) mass is 306 g/mol. The zero-order valence-electron chi connectivity index (χ0n) is 12.6. The molecule has 0 bridgehead atoms. The average molecular weight is 306 g/mol. The maximum atomic E-state index is 13.0. The minimum Gasteiger partial charge on any atom is -0.341 e. The summed E-state index contributed by atoms with van der Waals surface area (Å²) in [6.07, 6.45) is 2.66. The molecule has 0 aliphatic carbocycles. The molecule has 120 valence electrons. The third-order valence-corrected chi connectivity index (χ3v) is 4.73. The summed E-state index contributed by atoms with van der Waals surface area (Å²) in [5, 5.41) is 0.